The van der Waals surface area contributed by atoms with Gasteiger partial charge in [0.15, 0.2) is 17.6 Å². The molecule has 1 saturated heterocycles. The summed E-state index contributed by atoms with van der Waals surface area (Å²) in [7, 11) is 4.08. The van der Waals surface area contributed by atoms with Crippen molar-refractivity contribution in [2.45, 2.75) is 42.2 Å². The molecule has 0 bridgehead atoms. The first-order valence-electron chi connectivity index (χ1n) is 20.1. The quantitative estimate of drug-likeness (QED) is 0.0489. The number of nitrogens with one attached hydrogen (secondary N) is 2. The number of carbonyl (C=O) groups is 7. The summed E-state index contributed by atoms with van der Waals surface area (Å²) in [5.41, 5.74) is 0.0259. The number of aromatic nitrogens is 4. The lowest BCUT2D eigenvalue weighted by Gasteiger charge is -2.56. The highest BCUT2D eigenvalue weighted by atomic mass is 32.2. The Hall–Kier alpha value is -7.36. The first-order chi connectivity index (χ1) is 31.7. The third kappa shape index (κ3) is 9.82. The molecular formula is C45H42N8O11S2. The van der Waals surface area contributed by atoms with Gasteiger partial charge in [-0.1, -0.05) is 103 Å². The van der Waals surface area contributed by atoms with E-state index in [1.165, 1.54) is 52.3 Å². The average Bonchev–Trinajstić information content (AvgIpc) is 3.74. The van der Waals surface area contributed by atoms with Gasteiger partial charge in [-0.2, -0.15) is 0 Å². The van der Waals surface area contributed by atoms with E-state index in [1.807, 2.05) is 60.7 Å². The van der Waals surface area contributed by atoms with E-state index in [2.05, 4.69) is 26.2 Å². The number of fused-ring (bicyclic) bond motifs is 1. The van der Waals surface area contributed by atoms with Crippen LogP contribution in [0.5, 0.6) is 11.5 Å². The number of thioether (sulfide) groups is 2. The zero-order valence-corrected chi connectivity index (χ0v) is 37.7. The van der Waals surface area contributed by atoms with Crippen LogP contribution in [0.2, 0.25) is 0 Å². The zero-order valence-electron chi connectivity index (χ0n) is 36.0. The third-order valence-electron chi connectivity index (χ3n) is 10.3. The van der Waals surface area contributed by atoms with Gasteiger partial charge in [-0.25, -0.2) is 14.3 Å². The summed E-state index contributed by atoms with van der Waals surface area (Å²) in [4.78, 5) is 96.6. The average molecular weight is 935 g/mol. The van der Waals surface area contributed by atoms with E-state index < -0.39 is 64.9 Å². The lowest BCUT2D eigenvalue weighted by molar-refractivity contribution is -0.193. The molecule has 0 aliphatic carbocycles. The molecule has 5 aromatic rings. The number of amides is 5. The Morgan fingerprint density at radius 1 is 0.864 bits per heavy atom. The summed E-state index contributed by atoms with van der Waals surface area (Å²) in [6, 6.07) is 27.5. The number of nitrogens with zero attached hydrogens (tertiary/aromatic N) is 6. The van der Waals surface area contributed by atoms with Crippen molar-refractivity contribution in [3.05, 3.63) is 143 Å². The molecular weight excluding hydrogens is 893 g/mol. The third-order valence-corrected chi connectivity index (χ3v) is 12.8. The second-order valence-electron chi connectivity index (χ2n) is 14.7. The summed E-state index contributed by atoms with van der Waals surface area (Å²) in [5, 5.41) is 16.4. The standard InChI is InChI=1S/C45H42N8O11S2/c1-26(54)62-33-22-21-31(23-34(33)63-27(2)55)39(57)51(3)43(60)46-35(28-15-9-6-10-16-28)38(56)47-45(61-5)41(59)53-36(32(24-65-42(45)53)25-66-44-48-49-50-52(44)4)40(58)64-37(29-17-11-7-12-18-29)30-19-13-8-14-20-30/h6-23,35,37,42H,24-25H2,1-5H3,(H,46,60)(H,47,56)/t35?,42-,45-/m0/s1. The maximum Gasteiger partial charge on any atom is 0.356 e. The maximum atomic E-state index is 14.7. The van der Waals surface area contributed by atoms with Gasteiger partial charge in [0.25, 0.3) is 17.5 Å². The molecule has 7 rings (SSSR count). The normalized spacial score (nSPS) is 16.9. The highest BCUT2D eigenvalue weighted by molar-refractivity contribution is 8.01. The highest BCUT2D eigenvalue weighted by Gasteiger charge is 2.67. The van der Waals surface area contributed by atoms with Crippen LogP contribution in [0.4, 0.5) is 4.79 Å². The van der Waals surface area contributed by atoms with Crippen LogP contribution in [0.1, 0.15) is 53.0 Å². The number of methoxy groups -OCH3 is 1. The van der Waals surface area contributed by atoms with Crippen LogP contribution in [0.3, 0.4) is 0 Å². The minimum absolute atomic E-state index is 0.0315. The number of hydrogen-bond acceptors (Lipinski definition) is 16. The van der Waals surface area contributed by atoms with E-state index in [0.29, 0.717) is 26.8 Å². The molecule has 0 radical (unpaired) electrons. The van der Waals surface area contributed by atoms with Gasteiger partial charge in [0, 0.05) is 52.1 Å². The largest absolute Gasteiger partial charge is 0.448 e. The highest BCUT2D eigenvalue weighted by Crippen LogP contribution is 2.48. The molecule has 1 fully saturated rings. The van der Waals surface area contributed by atoms with Crippen LogP contribution >= 0.6 is 23.5 Å². The Morgan fingerprint density at radius 3 is 2.02 bits per heavy atom. The summed E-state index contributed by atoms with van der Waals surface area (Å²) >= 11 is 2.49. The van der Waals surface area contributed by atoms with E-state index >= 15 is 0 Å². The van der Waals surface area contributed by atoms with Crippen LogP contribution in [0.15, 0.2) is 126 Å². The van der Waals surface area contributed by atoms with E-state index in [9.17, 15) is 33.6 Å². The summed E-state index contributed by atoms with van der Waals surface area (Å²) in [6.07, 6.45) is -0.850. The molecule has 4 aromatic carbocycles. The number of hydrogen-bond donors (Lipinski definition) is 2. The van der Waals surface area contributed by atoms with E-state index in [0.717, 1.165) is 27.0 Å². The molecule has 0 spiro atoms. The fourth-order valence-electron chi connectivity index (χ4n) is 7.11. The number of β-lactam (4-membered cyclic amide) rings is 1. The van der Waals surface area contributed by atoms with Gasteiger partial charge in [-0.15, -0.1) is 16.9 Å². The molecule has 3 atom stereocenters. The van der Waals surface area contributed by atoms with Crippen LogP contribution in [0, 0.1) is 0 Å². The number of urea groups is 1. The number of esters is 3. The van der Waals surface area contributed by atoms with Gasteiger partial charge in [0.1, 0.15) is 17.1 Å². The van der Waals surface area contributed by atoms with Crippen molar-refractivity contribution in [1.82, 2.24) is 40.6 Å². The van der Waals surface area contributed by atoms with Crippen LogP contribution in [0.25, 0.3) is 0 Å². The first-order valence-corrected chi connectivity index (χ1v) is 22.1. The smallest absolute Gasteiger partial charge is 0.356 e. The van der Waals surface area contributed by atoms with Crippen molar-refractivity contribution < 1.29 is 52.5 Å². The Balaban J connectivity index is 1.16. The number of aryl methyl sites for hydroxylation is 1. The number of ether oxygens (including phenoxy) is 4. The minimum atomic E-state index is -2.03. The second-order valence-corrected chi connectivity index (χ2v) is 16.7. The Labute approximate surface area is 386 Å². The van der Waals surface area contributed by atoms with Gasteiger partial charge in [-0.05, 0) is 50.9 Å². The van der Waals surface area contributed by atoms with Gasteiger partial charge in [0.05, 0.1) is 0 Å². The summed E-state index contributed by atoms with van der Waals surface area (Å²) < 4.78 is 23.8. The van der Waals surface area contributed by atoms with Crippen LogP contribution < -0.4 is 20.1 Å². The van der Waals surface area contributed by atoms with Crippen molar-refractivity contribution in [2.24, 2.45) is 7.05 Å². The zero-order chi connectivity index (χ0) is 47.1. The second kappa shape index (κ2) is 20.2. The Morgan fingerprint density at radius 2 is 1.45 bits per heavy atom. The van der Waals surface area contributed by atoms with Crippen molar-refractivity contribution in [1.29, 1.82) is 0 Å². The molecule has 3 heterocycles. The van der Waals surface area contributed by atoms with Gasteiger partial charge >= 0.3 is 23.9 Å². The monoisotopic (exact) mass is 934 g/mol. The first kappa shape index (κ1) is 46.6. The predicted molar refractivity (Wildman–Crippen MR) is 237 cm³/mol. The lowest BCUT2D eigenvalue weighted by atomic mass is 9.96. The molecule has 2 N–H and O–H groups in total. The van der Waals surface area contributed by atoms with Crippen molar-refractivity contribution in [2.75, 3.05) is 25.7 Å². The predicted octanol–water partition coefficient (Wildman–Crippen LogP) is 4.34. The molecule has 5 amide bonds. The number of imide groups is 1. The molecule has 0 saturated carbocycles. The number of tetrazole rings is 1. The SMILES string of the molecule is CO[C@@]1(NC(=O)C(NC(=O)N(C)C(=O)c2ccc(OC(C)=O)c(OC(C)=O)c2)c2ccccc2)C(=O)N2C(C(=O)OC(c3ccccc3)c3ccccc3)=C(CSc3nnnn3C)CS[C@H]21. The molecule has 21 heteroatoms. The molecule has 19 nitrogen and oxygen atoms in total. The summed E-state index contributed by atoms with van der Waals surface area (Å²) in [6.45, 7) is 2.26. The minimum Gasteiger partial charge on any atom is -0.448 e. The maximum absolute atomic E-state index is 14.7. The molecule has 1 aromatic heterocycles. The number of carbonyl (C=O) groups excluding carboxylic acids is 7. The van der Waals surface area contributed by atoms with E-state index in [-0.39, 0.29) is 39.8 Å². The van der Waals surface area contributed by atoms with Crippen molar-refractivity contribution >= 4 is 65.2 Å². The molecule has 66 heavy (non-hydrogen) atoms. The van der Waals surface area contributed by atoms with Crippen LogP contribution in [-0.4, -0.2) is 108 Å². The fraction of sp³-hybridized carbons (Fsp3) is 0.244. The van der Waals surface area contributed by atoms with E-state index in [4.69, 9.17) is 18.9 Å². The van der Waals surface area contributed by atoms with E-state index in [1.54, 1.807) is 37.4 Å². The Kier molecular flexibility index (Phi) is 14.3. The topological polar surface area (TPSA) is 231 Å². The Bertz CT molecular complexity index is 2670. The molecule has 340 valence electrons. The molecule has 1 unspecified atom stereocenters. The summed E-state index contributed by atoms with van der Waals surface area (Å²) in [5.74, 6) is -4.77. The lowest BCUT2D eigenvalue weighted by Crippen LogP contribution is -2.81. The van der Waals surface area contributed by atoms with Crippen molar-refractivity contribution in [3.8, 4) is 11.5 Å². The van der Waals surface area contributed by atoms with Gasteiger partial charge < -0.3 is 29.6 Å². The van der Waals surface area contributed by atoms with Gasteiger partial charge in [0.2, 0.25) is 11.1 Å². The van der Waals surface area contributed by atoms with Crippen molar-refractivity contribution in [3.63, 3.8) is 0 Å². The molecule has 2 aliphatic rings. The number of benzene rings is 4. The van der Waals surface area contributed by atoms with Crippen LogP contribution in [-0.2, 0) is 40.5 Å². The number of rotatable bonds is 15. The molecule has 2 aliphatic heterocycles. The fourth-order valence-corrected chi connectivity index (χ4v) is 9.53. The van der Waals surface area contributed by atoms with Gasteiger partial charge in [-0.3, -0.25) is 33.8 Å².